The molecule has 0 aliphatic carbocycles. The van der Waals surface area contributed by atoms with Crippen molar-refractivity contribution >= 4 is 25.9 Å². The largest absolute Gasteiger partial charge is 0.308 e. The van der Waals surface area contributed by atoms with Crippen LogP contribution in [0.4, 0.5) is 5.69 Å². The molecule has 0 aliphatic rings. The van der Waals surface area contributed by atoms with Crippen LogP contribution in [0.3, 0.4) is 0 Å². The third-order valence-electron chi connectivity index (χ3n) is 3.67. The van der Waals surface area contributed by atoms with Crippen LogP contribution in [0, 0.1) is 13.8 Å². The van der Waals surface area contributed by atoms with Gasteiger partial charge in [-0.15, -0.1) is 0 Å². The van der Waals surface area contributed by atoms with E-state index in [4.69, 9.17) is 0 Å². The minimum absolute atomic E-state index is 0.391. The highest BCUT2D eigenvalue weighted by Crippen LogP contribution is 2.24. The minimum atomic E-state index is -3.60. The van der Waals surface area contributed by atoms with Crippen molar-refractivity contribution < 1.29 is 16.8 Å². The first kappa shape index (κ1) is 19.4. The van der Waals surface area contributed by atoms with E-state index >= 15 is 0 Å². The number of rotatable bonds is 6. The van der Waals surface area contributed by atoms with E-state index in [0.717, 1.165) is 31.2 Å². The van der Waals surface area contributed by atoms with Gasteiger partial charge in [-0.3, -0.25) is 4.72 Å². The fourth-order valence-electron chi connectivity index (χ4n) is 2.37. The monoisotopic (exact) mass is 386 g/mol. The average Bonchev–Trinajstić information content (AvgIpc) is 2.91. The normalized spacial score (nSPS) is 12.6. The Morgan fingerprint density at radius 2 is 1.80 bits per heavy atom. The number of hydrogen-bond donors (Lipinski definition) is 1. The summed E-state index contributed by atoms with van der Waals surface area (Å²) in [6.07, 6.45) is 4.20. The standard InChI is InChI=1S/C15H22N4O4S2/c1-11-6-13(12(2)15(7-11)17-24(5,20)21)8-14-9-19(10-16-14)25(22,23)18(3)4/h6-7,9-10,17H,8H2,1-5H3. The third kappa shape index (κ3) is 4.59. The van der Waals surface area contributed by atoms with E-state index < -0.39 is 20.2 Å². The number of nitrogens with one attached hydrogen (secondary N) is 1. The fraction of sp³-hybridized carbons (Fsp3) is 0.400. The second-order valence-corrected chi connectivity index (χ2v) is 9.93. The highest BCUT2D eigenvalue weighted by atomic mass is 32.2. The summed E-state index contributed by atoms with van der Waals surface area (Å²) in [5.74, 6) is 0. The molecule has 1 heterocycles. The van der Waals surface area contributed by atoms with Crippen molar-refractivity contribution in [2.75, 3.05) is 25.1 Å². The molecule has 2 rings (SSSR count). The van der Waals surface area contributed by atoms with Crippen molar-refractivity contribution in [1.82, 2.24) is 13.3 Å². The Kier molecular flexibility index (Phi) is 5.26. The molecular weight excluding hydrogens is 364 g/mol. The Hall–Kier alpha value is -1.91. The zero-order valence-corrected chi connectivity index (χ0v) is 16.4. The number of aryl methyl sites for hydroxylation is 1. The maximum Gasteiger partial charge on any atom is 0.308 e. The summed E-state index contributed by atoms with van der Waals surface area (Å²) in [5.41, 5.74) is 3.63. The van der Waals surface area contributed by atoms with Gasteiger partial charge in [0.25, 0.3) is 0 Å². The Labute approximate surface area is 148 Å². The quantitative estimate of drug-likeness (QED) is 0.802. The van der Waals surface area contributed by atoms with Crippen molar-refractivity contribution in [2.45, 2.75) is 20.3 Å². The first-order valence-corrected chi connectivity index (χ1v) is 10.7. The summed E-state index contributed by atoms with van der Waals surface area (Å²) in [4.78, 5) is 4.15. The number of imidazole rings is 1. The van der Waals surface area contributed by atoms with Gasteiger partial charge in [-0.2, -0.15) is 12.7 Å². The summed E-state index contributed by atoms with van der Waals surface area (Å²) in [6, 6.07) is 3.69. The lowest BCUT2D eigenvalue weighted by molar-refractivity contribution is 0.510. The molecule has 0 atom stereocenters. The Morgan fingerprint density at radius 3 is 2.36 bits per heavy atom. The molecule has 0 unspecified atom stereocenters. The predicted octanol–water partition coefficient (Wildman–Crippen LogP) is 1.12. The molecule has 2 aromatic rings. The number of aromatic nitrogens is 2. The lowest BCUT2D eigenvalue weighted by Gasteiger charge is -2.13. The molecule has 0 fully saturated rings. The van der Waals surface area contributed by atoms with Crippen molar-refractivity contribution in [2.24, 2.45) is 0 Å². The van der Waals surface area contributed by atoms with E-state index in [-0.39, 0.29) is 0 Å². The summed E-state index contributed by atoms with van der Waals surface area (Å²) in [7, 11) is -4.09. The van der Waals surface area contributed by atoms with Gasteiger partial charge in [0.1, 0.15) is 6.33 Å². The van der Waals surface area contributed by atoms with E-state index in [9.17, 15) is 16.8 Å². The van der Waals surface area contributed by atoms with E-state index in [0.29, 0.717) is 17.8 Å². The van der Waals surface area contributed by atoms with Crippen LogP contribution in [0.25, 0.3) is 0 Å². The van der Waals surface area contributed by atoms with Crippen LogP contribution in [0.15, 0.2) is 24.7 Å². The number of benzene rings is 1. The molecule has 0 amide bonds. The molecule has 25 heavy (non-hydrogen) atoms. The van der Waals surface area contributed by atoms with Crippen LogP contribution in [-0.2, 0) is 26.7 Å². The maximum atomic E-state index is 12.1. The summed E-state index contributed by atoms with van der Waals surface area (Å²) < 4.78 is 51.9. The Morgan fingerprint density at radius 1 is 1.16 bits per heavy atom. The SMILES string of the molecule is Cc1cc(Cc2cn(S(=O)(=O)N(C)C)cn2)c(C)c(NS(C)(=O)=O)c1. The number of nitrogens with zero attached hydrogens (tertiary/aromatic N) is 3. The highest BCUT2D eigenvalue weighted by molar-refractivity contribution is 7.92. The van der Waals surface area contributed by atoms with Crippen LogP contribution in [0.1, 0.15) is 22.4 Å². The molecule has 0 spiro atoms. The highest BCUT2D eigenvalue weighted by Gasteiger charge is 2.17. The van der Waals surface area contributed by atoms with Crippen LogP contribution >= 0.6 is 0 Å². The minimum Gasteiger partial charge on any atom is -0.283 e. The second kappa shape index (κ2) is 6.77. The zero-order chi connectivity index (χ0) is 19.0. The van der Waals surface area contributed by atoms with Gasteiger partial charge >= 0.3 is 10.2 Å². The first-order valence-electron chi connectivity index (χ1n) is 7.44. The third-order valence-corrected chi connectivity index (χ3v) is 5.91. The van der Waals surface area contributed by atoms with Crippen LogP contribution in [-0.4, -0.2) is 50.4 Å². The molecule has 0 saturated heterocycles. The van der Waals surface area contributed by atoms with Crippen molar-refractivity contribution in [1.29, 1.82) is 0 Å². The van der Waals surface area contributed by atoms with Crippen molar-refractivity contribution in [3.63, 3.8) is 0 Å². The van der Waals surface area contributed by atoms with E-state index in [1.807, 2.05) is 19.9 Å². The molecule has 1 aromatic carbocycles. The molecule has 0 aliphatic heterocycles. The average molecular weight is 386 g/mol. The molecule has 10 heteroatoms. The predicted molar refractivity (Wildman–Crippen MR) is 97.4 cm³/mol. The molecular formula is C15H22N4O4S2. The lowest BCUT2D eigenvalue weighted by atomic mass is 10.00. The van der Waals surface area contributed by atoms with Crippen LogP contribution in [0.2, 0.25) is 0 Å². The van der Waals surface area contributed by atoms with Crippen LogP contribution in [0.5, 0.6) is 0 Å². The van der Waals surface area contributed by atoms with Gasteiger partial charge in [0, 0.05) is 26.7 Å². The van der Waals surface area contributed by atoms with Gasteiger partial charge in [0.2, 0.25) is 10.0 Å². The van der Waals surface area contributed by atoms with Gasteiger partial charge in [0.05, 0.1) is 17.6 Å². The molecule has 0 saturated carbocycles. The Balaban J connectivity index is 2.37. The van der Waals surface area contributed by atoms with Gasteiger partial charge in [-0.1, -0.05) is 6.07 Å². The van der Waals surface area contributed by atoms with Crippen LogP contribution < -0.4 is 4.72 Å². The topological polar surface area (TPSA) is 101 Å². The number of sulfonamides is 1. The summed E-state index contributed by atoms with van der Waals surface area (Å²) in [5, 5.41) is 0. The van der Waals surface area contributed by atoms with Gasteiger partial charge in [-0.25, -0.2) is 17.4 Å². The lowest BCUT2D eigenvalue weighted by Crippen LogP contribution is -2.27. The second-order valence-electron chi connectivity index (χ2n) is 6.13. The fourth-order valence-corrected chi connectivity index (χ4v) is 3.78. The van der Waals surface area contributed by atoms with Gasteiger partial charge < -0.3 is 0 Å². The molecule has 1 aromatic heterocycles. The van der Waals surface area contributed by atoms with Crippen molar-refractivity contribution in [3.05, 3.63) is 47.0 Å². The molecule has 138 valence electrons. The molecule has 0 radical (unpaired) electrons. The van der Waals surface area contributed by atoms with E-state index in [2.05, 4.69) is 9.71 Å². The number of anilines is 1. The smallest absolute Gasteiger partial charge is 0.283 e. The maximum absolute atomic E-state index is 12.1. The van der Waals surface area contributed by atoms with Gasteiger partial charge in [-0.05, 0) is 36.6 Å². The van der Waals surface area contributed by atoms with E-state index in [1.54, 1.807) is 6.07 Å². The number of hydrogen-bond acceptors (Lipinski definition) is 5. The summed E-state index contributed by atoms with van der Waals surface area (Å²) in [6.45, 7) is 3.68. The van der Waals surface area contributed by atoms with Crippen molar-refractivity contribution in [3.8, 4) is 0 Å². The molecule has 8 nitrogen and oxygen atoms in total. The van der Waals surface area contributed by atoms with Gasteiger partial charge in [0.15, 0.2) is 0 Å². The Bertz CT molecular complexity index is 993. The summed E-state index contributed by atoms with van der Waals surface area (Å²) >= 11 is 0. The first-order chi connectivity index (χ1) is 11.4. The molecule has 1 N–H and O–H groups in total. The molecule has 0 bridgehead atoms. The van der Waals surface area contributed by atoms with E-state index in [1.165, 1.54) is 26.6 Å². The zero-order valence-electron chi connectivity index (χ0n) is 14.8.